The first-order valence-electron chi connectivity index (χ1n) is 11.7. The van der Waals surface area contributed by atoms with E-state index in [2.05, 4.69) is 65.8 Å². The van der Waals surface area contributed by atoms with Crippen LogP contribution in [-0.4, -0.2) is 54.7 Å². The molecule has 4 N–H and O–H groups in total. The van der Waals surface area contributed by atoms with Gasteiger partial charge in [0, 0.05) is 22.0 Å². The van der Waals surface area contributed by atoms with Gasteiger partial charge in [0.05, 0.1) is 17.2 Å². The summed E-state index contributed by atoms with van der Waals surface area (Å²) in [6.07, 6.45) is -8.35. The average molecular weight is 593 g/mol. The monoisotopic (exact) mass is 593 g/mol. The quantitative estimate of drug-likeness (QED) is 0.167. The third kappa shape index (κ3) is 8.39. The Labute approximate surface area is 232 Å². The van der Waals surface area contributed by atoms with Gasteiger partial charge < -0.3 is 15.5 Å². The molecule has 0 spiro atoms. The Balaban J connectivity index is 0.000000289. The van der Waals surface area contributed by atoms with Gasteiger partial charge in [-0.2, -0.15) is 31.4 Å². The fourth-order valence-electron chi connectivity index (χ4n) is 3.41. The zero-order chi connectivity index (χ0) is 31.2. The van der Waals surface area contributed by atoms with Crippen molar-refractivity contribution in [3.63, 3.8) is 0 Å². The summed E-state index contributed by atoms with van der Waals surface area (Å²) in [4.78, 5) is 27.5. The summed E-state index contributed by atoms with van der Waals surface area (Å²) in [5, 5.41) is 26.9. The number of benzene rings is 3. The van der Waals surface area contributed by atoms with E-state index in [9.17, 15) is 26.3 Å². The summed E-state index contributed by atoms with van der Waals surface area (Å²) < 4.78 is 63.5. The summed E-state index contributed by atoms with van der Waals surface area (Å²) in [5.74, 6) is -4.00. The molecule has 15 heteroatoms. The molecular formula is C27H21F6N5O4. The Morgan fingerprint density at radius 2 is 1.43 bits per heavy atom. The normalized spacial score (nSPS) is 11.2. The van der Waals surface area contributed by atoms with Gasteiger partial charge in [-0.25, -0.2) is 19.6 Å². The van der Waals surface area contributed by atoms with Gasteiger partial charge in [0.1, 0.15) is 5.82 Å². The number of nitrogens with one attached hydrogen (secondary N) is 2. The van der Waals surface area contributed by atoms with Crippen molar-refractivity contribution in [1.82, 2.24) is 20.2 Å². The number of carboxylic acid groups (broad SMARTS) is 2. The Hall–Kier alpha value is -5.21. The maximum Gasteiger partial charge on any atom is 0.490 e. The third-order valence-corrected chi connectivity index (χ3v) is 5.32. The number of H-pyrrole nitrogens is 1. The molecule has 0 aliphatic carbocycles. The van der Waals surface area contributed by atoms with Crippen LogP contribution < -0.4 is 5.32 Å². The van der Waals surface area contributed by atoms with Gasteiger partial charge >= 0.3 is 24.3 Å². The number of aliphatic carboxylic acids is 2. The van der Waals surface area contributed by atoms with Gasteiger partial charge in [-0.05, 0) is 55.8 Å². The van der Waals surface area contributed by atoms with Crippen molar-refractivity contribution in [1.29, 1.82) is 0 Å². The van der Waals surface area contributed by atoms with Crippen LogP contribution in [0.25, 0.3) is 33.2 Å². The van der Waals surface area contributed by atoms with Gasteiger partial charge in [-0.15, -0.1) is 0 Å². The standard InChI is InChI=1S/C23H19N5.2C2HF3O2/c1-14-4-3-5-16(10-14)22-26-21-11-15(2)6-8-19(21)23(27-22)25-18-7-9-20-17(12-18)13-24-28-20;2*3-2(4,5)1(6)7/h3-13H,1-2H3,(H,24,28)(H,25,26,27);2*(H,6,7). The molecule has 42 heavy (non-hydrogen) atoms. The van der Waals surface area contributed by atoms with E-state index < -0.39 is 24.3 Å². The van der Waals surface area contributed by atoms with Crippen LogP contribution in [-0.2, 0) is 9.59 Å². The van der Waals surface area contributed by atoms with Crippen LogP contribution in [0.3, 0.4) is 0 Å². The first-order valence-corrected chi connectivity index (χ1v) is 11.7. The summed E-state index contributed by atoms with van der Waals surface area (Å²) in [7, 11) is 0. The van der Waals surface area contributed by atoms with Crippen molar-refractivity contribution < 1.29 is 46.1 Å². The smallest absolute Gasteiger partial charge is 0.475 e. The zero-order valence-corrected chi connectivity index (χ0v) is 21.7. The SMILES string of the molecule is Cc1cccc(-c2nc(Nc3ccc4[nH]ncc4c3)c3ccc(C)cc3n2)c1.O=C(O)C(F)(F)F.O=C(O)C(F)(F)F. The van der Waals surface area contributed by atoms with Crippen LogP contribution in [0.1, 0.15) is 11.1 Å². The van der Waals surface area contributed by atoms with Gasteiger partial charge in [-0.3, -0.25) is 5.10 Å². The molecule has 5 rings (SSSR count). The second-order valence-electron chi connectivity index (χ2n) is 8.69. The van der Waals surface area contributed by atoms with Crippen molar-refractivity contribution in [3.05, 3.63) is 78.0 Å². The summed E-state index contributed by atoms with van der Waals surface area (Å²) in [5.41, 5.74) is 6.27. The predicted molar refractivity (Wildman–Crippen MR) is 141 cm³/mol. The molecule has 220 valence electrons. The number of aromatic amines is 1. The van der Waals surface area contributed by atoms with Gasteiger partial charge in [-0.1, -0.05) is 29.8 Å². The van der Waals surface area contributed by atoms with Crippen molar-refractivity contribution in [2.75, 3.05) is 5.32 Å². The Morgan fingerprint density at radius 3 is 2.02 bits per heavy atom. The van der Waals surface area contributed by atoms with Crippen LogP contribution in [0.2, 0.25) is 0 Å². The van der Waals surface area contributed by atoms with Gasteiger partial charge in [0.2, 0.25) is 0 Å². The van der Waals surface area contributed by atoms with E-state index in [1.165, 1.54) is 11.1 Å². The number of anilines is 2. The molecule has 0 atom stereocenters. The molecular weight excluding hydrogens is 572 g/mol. The molecule has 0 saturated carbocycles. The predicted octanol–water partition coefficient (Wildman–Crippen LogP) is 6.80. The molecule has 3 aromatic carbocycles. The number of fused-ring (bicyclic) bond motifs is 2. The summed E-state index contributed by atoms with van der Waals surface area (Å²) in [6, 6.07) is 20.6. The highest BCUT2D eigenvalue weighted by molar-refractivity contribution is 5.93. The van der Waals surface area contributed by atoms with Crippen LogP contribution >= 0.6 is 0 Å². The van der Waals surface area contributed by atoms with E-state index in [0.717, 1.165) is 38.9 Å². The van der Waals surface area contributed by atoms with Crippen LogP contribution in [0.5, 0.6) is 0 Å². The second kappa shape index (κ2) is 12.5. The Kier molecular flexibility index (Phi) is 9.35. The highest BCUT2D eigenvalue weighted by Gasteiger charge is 2.38. The molecule has 0 fully saturated rings. The molecule has 0 amide bonds. The highest BCUT2D eigenvalue weighted by Crippen LogP contribution is 2.29. The second-order valence-corrected chi connectivity index (χ2v) is 8.69. The van der Waals surface area contributed by atoms with E-state index in [-0.39, 0.29) is 0 Å². The molecule has 0 radical (unpaired) electrons. The number of alkyl halides is 6. The molecule has 5 aromatic rings. The molecule has 0 saturated heterocycles. The minimum absolute atomic E-state index is 0.716. The Morgan fingerprint density at radius 1 is 0.810 bits per heavy atom. The lowest BCUT2D eigenvalue weighted by Gasteiger charge is -2.12. The maximum absolute atomic E-state index is 10.6. The minimum atomic E-state index is -5.08. The fraction of sp³-hybridized carbons (Fsp3) is 0.148. The van der Waals surface area contributed by atoms with E-state index in [4.69, 9.17) is 29.8 Å². The van der Waals surface area contributed by atoms with Crippen LogP contribution in [0.15, 0.2) is 66.9 Å². The van der Waals surface area contributed by atoms with Crippen molar-refractivity contribution in [3.8, 4) is 11.4 Å². The summed E-state index contributed by atoms with van der Waals surface area (Å²) >= 11 is 0. The van der Waals surface area contributed by atoms with Gasteiger partial charge in [0.15, 0.2) is 5.82 Å². The molecule has 0 aliphatic heterocycles. The molecule has 0 aliphatic rings. The van der Waals surface area contributed by atoms with Crippen molar-refractivity contribution in [2.45, 2.75) is 26.2 Å². The molecule has 9 nitrogen and oxygen atoms in total. The van der Waals surface area contributed by atoms with Crippen molar-refractivity contribution in [2.24, 2.45) is 0 Å². The first kappa shape index (κ1) is 31.3. The first-order chi connectivity index (χ1) is 19.5. The lowest BCUT2D eigenvalue weighted by atomic mass is 10.1. The lowest BCUT2D eigenvalue weighted by molar-refractivity contribution is -0.193. The number of rotatable bonds is 3. The minimum Gasteiger partial charge on any atom is -0.475 e. The molecule has 2 heterocycles. The van der Waals surface area contributed by atoms with Crippen LogP contribution in [0, 0.1) is 13.8 Å². The van der Waals surface area contributed by atoms with Gasteiger partial charge in [0.25, 0.3) is 0 Å². The number of aryl methyl sites for hydroxylation is 2. The third-order valence-electron chi connectivity index (χ3n) is 5.32. The largest absolute Gasteiger partial charge is 0.490 e. The maximum atomic E-state index is 10.6. The molecule has 0 unspecified atom stereocenters. The van der Waals surface area contributed by atoms with E-state index in [0.29, 0.717) is 5.82 Å². The van der Waals surface area contributed by atoms with Crippen LogP contribution in [0.4, 0.5) is 37.8 Å². The van der Waals surface area contributed by atoms with E-state index in [1.807, 2.05) is 30.5 Å². The number of aromatic nitrogens is 4. The summed E-state index contributed by atoms with van der Waals surface area (Å²) in [6.45, 7) is 4.15. The Bertz CT molecular complexity index is 1710. The number of carboxylic acids is 2. The van der Waals surface area contributed by atoms with E-state index in [1.54, 1.807) is 0 Å². The van der Waals surface area contributed by atoms with Crippen molar-refractivity contribution >= 4 is 45.2 Å². The topological polar surface area (TPSA) is 141 Å². The fourth-order valence-corrected chi connectivity index (χ4v) is 3.41. The highest BCUT2D eigenvalue weighted by atomic mass is 19.4. The number of halogens is 6. The molecule has 2 aromatic heterocycles. The zero-order valence-electron chi connectivity index (χ0n) is 21.7. The number of nitrogens with zero attached hydrogens (tertiary/aromatic N) is 3. The number of carbonyl (C=O) groups is 2. The number of hydrogen-bond donors (Lipinski definition) is 4. The number of hydrogen-bond acceptors (Lipinski definition) is 6. The van der Waals surface area contributed by atoms with E-state index >= 15 is 0 Å². The lowest BCUT2D eigenvalue weighted by Crippen LogP contribution is -2.21. The molecule has 0 bridgehead atoms. The average Bonchev–Trinajstić information content (AvgIpc) is 3.36.